The fraction of sp³-hybridized carbons (Fsp3) is 0.312. The lowest BCUT2D eigenvalue weighted by Crippen LogP contribution is -2.32. The van der Waals surface area contributed by atoms with Crippen LogP contribution >= 0.6 is 11.3 Å². The third kappa shape index (κ3) is 3.66. The van der Waals surface area contributed by atoms with Gasteiger partial charge in [0.2, 0.25) is 0 Å². The van der Waals surface area contributed by atoms with Crippen molar-refractivity contribution in [3.8, 4) is 6.07 Å². The average molecular weight is 270 g/mol. The molecule has 1 aromatic heterocycles. The number of benzene rings is 1. The molecule has 0 amide bonds. The zero-order valence-corrected chi connectivity index (χ0v) is 12.1. The van der Waals surface area contributed by atoms with Crippen LogP contribution in [-0.2, 0) is 12.0 Å². The van der Waals surface area contributed by atoms with Gasteiger partial charge in [-0.25, -0.2) is 0 Å². The number of hydrogen-bond donors (Lipinski definition) is 1. The van der Waals surface area contributed by atoms with Gasteiger partial charge in [-0.2, -0.15) is 5.26 Å². The molecule has 1 heterocycles. The Morgan fingerprint density at radius 1 is 1.26 bits per heavy atom. The van der Waals surface area contributed by atoms with E-state index in [2.05, 4.69) is 49.5 Å². The molecule has 0 aliphatic carbocycles. The van der Waals surface area contributed by atoms with Crippen molar-refractivity contribution in [1.82, 2.24) is 5.32 Å². The van der Waals surface area contributed by atoms with Gasteiger partial charge in [0.1, 0.15) is 6.07 Å². The first-order chi connectivity index (χ1) is 9.12. The summed E-state index contributed by atoms with van der Waals surface area (Å²) in [6.07, 6.45) is 0. The third-order valence-electron chi connectivity index (χ3n) is 3.20. The molecule has 0 saturated heterocycles. The molecule has 0 aliphatic heterocycles. The molecule has 0 spiro atoms. The van der Waals surface area contributed by atoms with Crippen molar-refractivity contribution >= 4 is 11.3 Å². The summed E-state index contributed by atoms with van der Waals surface area (Å²) in [5.74, 6) is 0. The minimum atomic E-state index is 0.108. The fourth-order valence-electron chi connectivity index (χ4n) is 2.02. The zero-order chi connectivity index (χ0) is 13.7. The standard InChI is InChI=1S/C16H18N2S/c1-16(2,14-6-4-3-5-7-14)12-18-10-15-8-13(9-17)11-19-15/h3-8,11,18H,10,12H2,1-2H3. The van der Waals surface area contributed by atoms with Crippen LogP contribution in [0.25, 0.3) is 0 Å². The predicted octanol–water partition coefficient (Wildman–Crippen LogP) is 3.69. The van der Waals surface area contributed by atoms with Gasteiger partial charge >= 0.3 is 0 Å². The third-order valence-corrected chi connectivity index (χ3v) is 4.14. The topological polar surface area (TPSA) is 35.8 Å². The molecule has 1 aromatic carbocycles. The van der Waals surface area contributed by atoms with Crippen LogP contribution in [0.1, 0.15) is 29.9 Å². The molecule has 0 atom stereocenters. The van der Waals surface area contributed by atoms with Crippen LogP contribution in [0, 0.1) is 11.3 Å². The molecule has 0 saturated carbocycles. The smallest absolute Gasteiger partial charge is 0.100 e. The Morgan fingerprint density at radius 2 is 2.00 bits per heavy atom. The Morgan fingerprint density at radius 3 is 2.63 bits per heavy atom. The van der Waals surface area contributed by atoms with E-state index in [4.69, 9.17) is 5.26 Å². The number of rotatable bonds is 5. The first-order valence-electron chi connectivity index (χ1n) is 6.35. The minimum Gasteiger partial charge on any atom is -0.311 e. The van der Waals surface area contributed by atoms with Crippen LogP contribution in [0.4, 0.5) is 0 Å². The Hall–Kier alpha value is -1.63. The van der Waals surface area contributed by atoms with E-state index in [0.29, 0.717) is 0 Å². The summed E-state index contributed by atoms with van der Waals surface area (Å²) in [7, 11) is 0. The minimum absolute atomic E-state index is 0.108. The lowest BCUT2D eigenvalue weighted by molar-refractivity contribution is 0.470. The first-order valence-corrected chi connectivity index (χ1v) is 7.23. The van der Waals surface area contributed by atoms with Gasteiger partial charge in [-0.3, -0.25) is 0 Å². The van der Waals surface area contributed by atoms with Crippen molar-refractivity contribution in [3.05, 3.63) is 57.8 Å². The van der Waals surface area contributed by atoms with Crippen LogP contribution < -0.4 is 5.32 Å². The predicted molar refractivity (Wildman–Crippen MR) is 80.2 cm³/mol. The van der Waals surface area contributed by atoms with Gasteiger partial charge in [-0.15, -0.1) is 11.3 Å². The molecule has 3 heteroatoms. The van der Waals surface area contributed by atoms with Crippen LogP contribution in [-0.4, -0.2) is 6.54 Å². The molecular weight excluding hydrogens is 252 g/mol. The number of thiophene rings is 1. The number of nitrogens with one attached hydrogen (secondary N) is 1. The summed E-state index contributed by atoms with van der Waals surface area (Å²) in [6, 6.07) is 14.7. The van der Waals surface area contributed by atoms with Gasteiger partial charge in [0.15, 0.2) is 0 Å². The summed E-state index contributed by atoms with van der Waals surface area (Å²) >= 11 is 1.64. The molecule has 0 aliphatic rings. The maximum Gasteiger partial charge on any atom is 0.100 e. The summed E-state index contributed by atoms with van der Waals surface area (Å²) in [5, 5.41) is 14.2. The second-order valence-corrected chi connectivity index (χ2v) is 6.26. The van der Waals surface area contributed by atoms with Crippen molar-refractivity contribution in [2.24, 2.45) is 0 Å². The molecule has 19 heavy (non-hydrogen) atoms. The highest BCUT2D eigenvalue weighted by Crippen LogP contribution is 2.22. The van der Waals surface area contributed by atoms with E-state index in [-0.39, 0.29) is 5.41 Å². The van der Waals surface area contributed by atoms with Gasteiger partial charge in [0, 0.05) is 28.8 Å². The van der Waals surface area contributed by atoms with Crippen LogP contribution in [0.15, 0.2) is 41.8 Å². The molecule has 1 N–H and O–H groups in total. The Labute approximate surface area is 118 Å². The molecule has 0 unspecified atom stereocenters. The Bertz CT molecular complexity index is 564. The highest BCUT2D eigenvalue weighted by Gasteiger charge is 2.19. The maximum absolute atomic E-state index is 8.79. The van der Waals surface area contributed by atoms with E-state index in [1.165, 1.54) is 10.4 Å². The van der Waals surface area contributed by atoms with E-state index in [0.717, 1.165) is 18.7 Å². The lowest BCUT2D eigenvalue weighted by Gasteiger charge is -2.25. The molecule has 98 valence electrons. The van der Waals surface area contributed by atoms with Crippen molar-refractivity contribution in [1.29, 1.82) is 5.26 Å². The van der Waals surface area contributed by atoms with Crippen molar-refractivity contribution in [3.63, 3.8) is 0 Å². The quantitative estimate of drug-likeness (QED) is 0.899. The maximum atomic E-state index is 8.79. The van der Waals surface area contributed by atoms with Gasteiger partial charge in [0.05, 0.1) is 5.56 Å². The van der Waals surface area contributed by atoms with Crippen molar-refractivity contribution < 1.29 is 0 Å². The van der Waals surface area contributed by atoms with Crippen LogP contribution in [0.5, 0.6) is 0 Å². The molecule has 0 fully saturated rings. The first kappa shape index (κ1) is 13.8. The Balaban J connectivity index is 1.90. The molecule has 2 aromatic rings. The molecule has 2 nitrogen and oxygen atoms in total. The van der Waals surface area contributed by atoms with Crippen molar-refractivity contribution in [2.75, 3.05) is 6.54 Å². The van der Waals surface area contributed by atoms with Crippen LogP contribution in [0.3, 0.4) is 0 Å². The summed E-state index contributed by atoms with van der Waals surface area (Å²) in [4.78, 5) is 1.21. The summed E-state index contributed by atoms with van der Waals surface area (Å²) in [6.45, 7) is 6.22. The monoisotopic (exact) mass is 270 g/mol. The number of hydrogen-bond acceptors (Lipinski definition) is 3. The molecule has 0 radical (unpaired) electrons. The van der Waals surface area contributed by atoms with Crippen LogP contribution in [0.2, 0.25) is 0 Å². The average Bonchev–Trinajstić information content (AvgIpc) is 2.87. The molecule has 2 rings (SSSR count). The van der Waals surface area contributed by atoms with Gasteiger partial charge in [-0.05, 0) is 11.6 Å². The molecular formula is C16H18N2S. The number of nitriles is 1. The lowest BCUT2D eigenvalue weighted by atomic mass is 9.84. The summed E-state index contributed by atoms with van der Waals surface area (Å²) < 4.78 is 0. The number of nitrogens with zero attached hydrogens (tertiary/aromatic N) is 1. The highest BCUT2D eigenvalue weighted by atomic mass is 32.1. The largest absolute Gasteiger partial charge is 0.311 e. The normalized spacial score (nSPS) is 11.2. The second kappa shape index (κ2) is 6.01. The van der Waals surface area contributed by atoms with Gasteiger partial charge in [0.25, 0.3) is 0 Å². The van der Waals surface area contributed by atoms with E-state index in [1.54, 1.807) is 11.3 Å². The highest BCUT2D eigenvalue weighted by molar-refractivity contribution is 7.10. The van der Waals surface area contributed by atoms with E-state index < -0.39 is 0 Å². The second-order valence-electron chi connectivity index (χ2n) is 5.27. The van der Waals surface area contributed by atoms with Gasteiger partial charge < -0.3 is 5.32 Å². The van der Waals surface area contributed by atoms with E-state index in [9.17, 15) is 0 Å². The van der Waals surface area contributed by atoms with E-state index in [1.807, 2.05) is 17.5 Å². The summed E-state index contributed by atoms with van der Waals surface area (Å²) in [5.41, 5.74) is 2.20. The fourth-order valence-corrected chi connectivity index (χ4v) is 2.80. The Kier molecular flexibility index (Phi) is 4.36. The SMILES string of the molecule is CC(C)(CNCc1cc(C#N)cs1)c1ccccc1. The zero-order valence-electron chi connectivity index (χ0n) is 11.3. The molecule has 0 bridgehead atoms. The van der Waals surface area contributed by atoms with Gasteiger partial charge in [-0.1, -0.05) is 44.2 Å². The van der Waals surface area contributed by atoms with Crippen molar-refractivity contribution in [2.45, 2.75) is 25.8 Å². The van der Waals surface area contributed by atoms with E-state index >= 15 is 0 Å².